The van der Waals surface area contributed by atoms with Gasteiger partial charge in [0, 0.05) is 31.9 Å². The van der Waals surface area contributed by atoms with E-state index in [1.807, 2.05) is 11.8 Å². The van der Waals surface area contributed by atoms with E-state index in [0.29, 0.717) is 26.2 Å². The highest BCUT2D eigenvalue weighted by atomic mass is 19.1. The van der Waals surface area contributed by atoms with Crippen LogP contribution in [0.1, 0.15) is 16.7 Å². The standard InChI is InChI=1S/C22H28FN3O2/c1-16-4-5-17(2)21(18(16)3)28-15-10-24-22(27)26-13-11-25(12-14-26)20-8-6-19(23)7-9-20/h4-9H,10-15H2,1-3H3,(H,24,27). The van der Waals surface area contributed by atoms with Crippen molar-refractivity contribution in [2.75, 3.05) is 44.2 Å². The van der Waals surface area contributed by atoms with Crippen LogP contribution in [0.15, 0.2) is 36.4 Å². The highest BCUT2D eigenvalue weighted by molar-refractivity contribution is 5.74. The van der Waals surface area contributed by atoms with Crippen LogP contribution in [0, 0.1) is 26.6 Å². The number of ether oxygens (including phenoxy) is 1. The van der Waals surface area contributed by atoms with Crippen LogP contribution in [0.5, 0.6) is 5.75 Å². The highest BCUT2D eigenvalue weighted by Gasteiger charge is 2.21. The van der Waals surface area contributed by atoms with E-state index < -0.39 is 0 Å². The van der Waals surface area contributed by atoms with Crippen molar-refractivity contribution >= 4 is 11.7 Å². The molecule has 2 amide bonds. The molecule has 2 aromatic carbocycles. The summed E-state index contributed by atoms with van der Waals surface area (Å²) >= 11 is 0. The van der Waals surface area contributed by atoms with Crippen molar-refractivity contribution in [2.45, 2.75) is 20.8 Å². The molecule has 0 aromatic heterocycles. The van der Waals surface area contributed by atoms with Crippen molar-refractivity contribution in [3.63, 3.8) is 0 Å². The zero-order valence-electron chi connectivity index (χ0n) is 16.8. The largest absolute Gasteiger partial charge is 0.491 e. The summed E-state index contributed by atoms with van der Waals surface area (Å²) in [6, 6.07) is 10.6. The summed E-state index contributed by atoms with van der Waals surface area (Å²) in [7, 11) is 0. The average Bonchev–Trinajstić information content (AvgIpc) is 2.71. The Kier molecular flexibility index (Phi) is 6.39. The number of benzene rings is 2. The Morgan fingerprint density at radius 1 is 1.00 bits per heavy atom. The smallest absolute Gasteiger partial charge is 0.317 e. The van der Waals surface area contributed by atoms with Crippen molar-refractivity contribution in [2.24, 2.45) is 0 Å². The number of urea groups is 1. The van der Waals surface area contributed by atoms with E-state index in [4.69, 9.17) is 4.74 Å². The van der Waals surface area contributed by atoms with Gasteiger partial charge in [0.2, 0.25) is 0 Å². The Labute approximate surface area is 166 Å². The first-order chi connectivity index (χ1) is 13.5. The van der Waals surface area contributed by atoms with Gasteiger partial charge in [-0.05, 0) is 61.7 Å². The monoisotopic (exact) mass is 385 g/mol. The van der Waals surface area contributed by atoms with E-state index >= 15 is 0 Å². The number of hydrogen-bond acceptors (Lipinski definition) is 3. The number of nitrogens with zero attached hydrogens (tertiary/aromatic N) is 2. The molecule has 5 nitrogen and oxygen atoms in total. The molecule has 0 radical (unpaired) electrons. The van der Waals surface area contributed by atoms with Crippen LogP contribution in [-0.2, 0) is 0 Å². The van der Waals surface area contributed by atoms with Gasteiger partial charge >= 0.3 is 6.03 Å². The lowest BCUT2D eigenvalue weighted by molar-refractivity contribution is 0.191. The molecule has 1 fully saturated rings. The molecule has 1 aliphatic heterocycles. The molecule has 28 heavy (non-hydrogen) atoms. The van der Waals surface area contributed by atoms with Crippen molar-refractivity contribution in [3.8, 4) is 5.75 Å². The van der Waals surface area contributed by atoms with E-state index in [2.05, 4.69) is 36.2 Å². The molecule has 0 aliphatic carbocycles. The number of aryl methyl sites for hydroxylation is 2. The Balaban J connectivity index is 1.42. The van der Waals surface area contributed by atoms with Crippen LogP contribution in [0.2, 0.25) is 0 Å². The van der Waals surface area contributed by atoms with Gasteiger partial charge in [-0.25, -0.2) is 9.18 Å². The van der Waals surface area contributed by atoms with Crippen molar-refractivity contribution < 1.29 is 13.9 Å². The second-order valence-electron chi connectivity index (χ2n) is 7.18. The normalized spacial score (nSPS) is 14.1. The predicted octanol–water partition coefficient (Wildman–Crippen LogP) is 3.66. The number of hydrogen-bond donors (Lipinski definition) is 1. The van der Waals surface area contributed by atoms with Crippen LogP contribution in [0.3, 0.4) is 0 Å². The van der Waals surface area contributed by atoms with E-state index in [1.165, 1.54) is 17.7 Å². The van der Waals surface area contributed by atoms with E-state index in [0.717, 1.165) is 35.7 Å². The van der Waals surface area contributed by atoms with Gasteiger partial charge in [-0.15, -0.1) is 0 Å². The van der Waals surface area contributed by atoms with Gasteiger partial charge in [-0.1, -0.05) is 12.1 Å². The minimum atomic E-state index is -0.236. The van der Waals surface area contributed by atoms with Crippen LogP contribution in [-0.4, -0.2) is 50.3 Å². The molecule has 0 bridgehead atoms. The summed E-state index contributed by atoms with van der Waals surface area (Å²) in [4.78, 5) is 16.3. The summed E-state index contributed by atoms with van der Waals surface area (Å²) in [5, 5.41) is 2.93. The average molecular weight is 385 g/mol. The molecule has 0 saturated carbocycles. The SMILES string of the molecule is Cc1ccc(C)c(OCCNC(=O)N2CCN(c3ccc(F)cc3)CC2)c1C. The fraction of sp³-hybridized carbons (Fsp3) is 0.409. The molecule has 0 spiro atoms. The third-order valence-electron chi connectivity index (χ3n) is 5.26. The lowest BCUT2D eigenvalue weighted by atomic mass is 10.1. The Morgan fingerprint density at radius 2 is 1.64 bits per heavy atom. The summed E-state index contributed by atoms with van der Waals surface area (Å²) in [6.45, 7) is 9.79. The third-order valence-corrected chi connectivity index (χ3v) is 5.26. The summed E-state index contributed by atoms with van der Waals surface area (Å²) in [5.74, 6) is 0.669. The molecular weight excluding hydrogens is 357 g/mol. The number of rotatable bonds is 5. The minimum absolute atomic E-state index is 0.0694. The quantitative estimate of drug-likeness (QED) is 0.799. The number of anilines is 1. The molecule has 0 atom stereocenters. The van der Waals surface area contributed by atoms with E-state index in [1.54, 1.807) is 12.1 Å². The fourth-order valence-corrected chi connectivity index (χ4v) is 3.39. The summed E-state index contributed by atoms with van der Waals surface area (Å²) in [6.07, 6.45) is 0. The van der Waals surface area contributed by atoms with Gasteiger partial charge in [0.15, 0.2) is 0 Å². The van der Waals surface area contributed by atoms with Gasteiger partial charge in [-0.2, -0.15) is 0 Å². The molecule has 0 unspecified atom stereocenters. The maximum atomic E-state index is 13.1. The summed E-state index contributed by atoms with van der Waals surface area (Å²) < 4.78 is 19.0. The first-order valence-electron chi connectivity index (χ1n) is 9.68. The van der Waals surface area contributed by atoms with Crippen LogP contribution in [0.25, 0.3) is 0 Å². The Hall–Kier alpha value is -2.76. The molecule has 1 aliphatic rings. The van der Waals surface area contributed by atoms with Crippen molar-refractivity contribution in [1.82, 2.24) is 10.2 Å². The maximum Gasteiger partial charge on any atom is 0.317 e. The molecule has 1 heterocycles. The van der Waals surface area contributed by atoms with Crippen LogP contribution < -0.4 is 15.0 Å². The van der Waals surface area contributed by atoms with Gasteiger partial charge in [-0.3, -0.25) is 0 Å². The van der Waals surface area contributed by atoms with Gasteiger partial charge in [0.25, 0.3) is 0 Å². The number of nitrogens with one attached hydrogen (secondary N) is 1. The lowest BCUT2D eigenvalue weighted by Crippen LogP contribution is -2.52. The molecular formula is C22H28FN3O2. The molecule has 1 N–H and O–H groups in total. The number of carbonyl (C=O) groups is 1. The number of piperazine rings is 1. The van der Waals surface area contributed by atoms with Gasteiger partial charge in [0.1, 0.15) is 18.2 Å². The van der Waals surface area contributed by atoms with Gasteiger partial charge in [0.05, 0.1) is 6.54 Å². The molecule has 2 aromatic rings. The van der Waals surface area contributed by atoms with Gasteiger partial charge < -0.3 is 19.9 Å². The third kappa shape index (κ3) is 4.74. The molecule has 1 saturated heterocycles. The highest BCUT2D eigenvalue weighted by Crippen LogP contribution is 2.25. The first-order valence-corrected chi connectivity index (χ1v) is 9.68. The first kappa shape index (κ1) is 20.0. The zero-order valence-corrected chi connectivity index (χ0v) is 16.8. The molecule has 6 heteroatoms. The number of halogens is 1. The molecule has 3 rings (SSSR count). The van der Waals surface area contributed by atoms with Crippen molar-refractivity contribution in [3.05, 3.63) is 58.9 Å². The second kappa shape index (κ2) is 8.95. The fourth-order valence-electron chi connectivity index (χ4n) is 3.39. The predicted molar refractivity (Wildman–Crippen MR) is 110 cm³/mol. The second-order valence-corrected chi connectivity index (χ2v) is 7.18. The van der Waals surface area contributed by atoms with Crippen LogP contribution >= 0.6 is 0 Å². The zero-order chi connectivity index (χ0) is 20.1. The summed E-state index contributed by atoms with van der Waals surface area (Å²) in [5.41, 5.74) is 4.43. The minimum Gasteiger partial charge on any atom is -0.491 e. The Bertz CT molecular complexity index is 815. The molecule has 150 valence electrons. The Morgan fingerprint density at radius 3 is 2.32 bits per heavy atom. The number of carbonyl (C=O) groups excluding carboxylic acids is 1. The van der Waals surface area contributed by atoms with E-state index in [-0.39, 0.29) is 11.8 Å². The van der Waals surface area contributed by atoms with Crippen molar-refractivity contribution in [1.29, 1.82) is 0 Å². The number of amides is 2. The van der Waals surface area contributed by atoms with E-state index in [9.17, 15) is 9.18 Å². The maximum absolute atomic E-state index is 13.1. The van der Waals surface area contributed by atoms with Crippen LogP contribution in [0.4, 0.5) is 14.9 Å². The topological polar surface area (TPSA) is 44.8 Å². The lowest BCUT2D eigenvalue weighted by Gasteiger charge is -2.36.